The number of nitrogens with zero attached hydrogens (tertiary/aromatic N) is 1. The molecular weight excluding hydrogens is 390 g/mol. The minimum Gasteiger partial charge on any atom is -0.331 e. The minimum atomic E-state index is -3.39. The second kappa shape index (κ2) is 7.89. The van der Waals surface area contributed by atoms with Gasteiger partial charge < -0.3 is 4.90 Å². The monoisotopic (exact) mass is 411 g/mol. The molecule has 1 aliphatic carbocycles. The molecule has 2 aromatic carbocycles. The van der Waals surface area contributed by atoms with Crippen molar-refractivity contribution in [3.63, 3.8) is 0 Å². The molecule has 0 N–H and O–H groups in total. The normalized spacial score (nSPS) is 14.0. The van der Waals surface area contributed by atoms with Crippen LogP contribution in [0.4, 0.5) is 0 Å². The van der Waals surface area contributed by atoms with Crippen molar-refractivity contribution in [3.05, 3.63) is 88.1 Å². The molecule has 4 rings (SSSR count). The van der Waals surface area contributed by atoms with E-state index in [4.69, 9.17) is 0 Å². The van der Waals surface area contributed by atoms with Crippen molar-refractivity contribution in [1.82, 2.24) is 4.90 Å². The van der Waals surface area contributed by atoms with Gasteiger partial charge >= 0.3 is 0 Å². The Morgan fingerprint density at radius 2 is 1.68 bits per heavy atom. The molecule has 1 heterocycles. The first-order chi connectivity index (χ1) is 13.5. The number of sulfone groups is 1. The molecule has 0 aliphatic heterocycles. The summed E-state index contributed by atoms with van der Waals surface area (Å²) in [6.07, 6.45) is 2.09. The molecule has 1 saturated carbocycles. The Morgan fingerprint density at radius 3 is 2.29 bits per heavy atom. The summed E-state index contributed by atoms with van der Waals surface area (Å²) in [4.78, 5) is 16.4. The maximum atomic E-state index is 13.0. The summed E-state index contributed by atoms with van der Waals surface area (Å²) in [6, 6.07) is 19.7. The summed E-state index contributed by atoms with van der Waals surface area (Å²) >= 11 is 1.66. The van der Waals surface area contributed by atoms with Gasteiger partial charge in [-0.2, -0.15) is 0 Å². The maximum Gasteiger partial charge on any atom is 0.254 e. The fourth-order valence-corrected chi connectivity index (χ4v) is 5.24. The van der Waals surface area contributed by atoms with Gasteiger partial charge in [-0.25, -0.2) is 8.42 Å². The lowest BCUT2D eigenvalue weighted by atomic mass is 10.1. The first-order valence-corrected chi connectivity index (χ1v) is 11.8. The van der Waals surface area contributed by atoms with Crippen molar-refractivity contribution in [3.8, 4) is 0 Å². The van der Waals surface area contributed by atoms with Crippen LogP contribution in [0.2, 0.25) is 0 Å². The number of hydrogen-bond donors (Lipinski definition) is 0. The molecule has 0 bridgehead atoms. The predicted molar refractivity (Wildman–Crippen MR) is 111 cm³/mol. The van der Waals surface area contributed by atoms with Gasteiger partial charge in [-0.15, -0.1) is 11.3 Å². The van der Waals surface area contributed by atoms with Crippen LogP contribution in [0.1, 0.15) is 33.6 Å². The highest BCUT2D eigenvalue weighted by Crippen LogP contribution is 2.30. The van der Waals surface area contributed by atoms with E-state index in [9.17, 15) is 13.2 Å². The molecule has 0 unspecified atom stereocenters. The van der Waals surface area contributed by atoms with E-state index in [0.717, 1.165) is 12.8 Å². The number of hydrogen-bond acceptors (Lipinski definition) is 4. The molecule has 1 aliphatic rings. The summed E-state index contributed by atoms with van der Waals surface area (Å²) in [6.45, 7) is 0.630. The van der Waals surface area contributed by atoms with E-state index in [-0.39, 0.29) is 11.7 Å². The third-order valence-corrected chi connectivity index (χ3v) is 7.38. The van der Waals surface area contributed by atoms with Gasteiger partial charge in [0.2, 0.25) is 0 Å². The van der Waals surface area contributed by atoms with Crippen LogP contribution >= 0.6 is 11.3 Å². The zero-order valence-corrected chi connectivity index (χ0v) is 17.0. The molecule has 0 saturated heterocycles. The zero-order valence-electron chi connectivity index (χ0n) is 15.3. The standard InChI is InChI=1S/C22H21NO3S2/c24-22(23(19-12-13-19)15-20-5-4-14-27-20)18-10-8-17(9-11-18)16-28(25,26)21-6-2-1-3-7-21/h1-11,14,19H,12-13,15-16H2. The fraction of sp³-hybridized carbons (Fsp3) is 0.227. The van der Waals surface area contributed by atoms with E-state index in [2.05, 4.69) is 0 Å². The van der Waals surface area contributed by atoms with Gasteiger partial charge in [-0.1, -0.05) is 36.4 Å². The van der Waals surface area contributed by atoms with E-state index < -0.39 is 9.84 Å². The van der Waals surface area contributed by atoms with Gasteiger partial charge in [0, 0.05) is 16.5 Å². The Kier molecular flexibility index (Phi) is 5.33. The Balaban J connectivity index is 1.48. The summed E-state index contributed by atoms with van der Waals surface area (Å²) in [5, 5.41) is 2.02. The van der Waals surface area contributed by atoms with Crippen LogP contribution in [0.15, 0.2) is 77.0 Å². The number of thiophene rings is 1. The van der Waals surface area contributed by atoms with Crippen molar-refractivity contribution < 1.29 is 13.2 Å². The molecule has 4 nitrogen and oxygen atoms in total. The van der Waals surface area contributed by atoms with E-state index in [1.165, 1.54) is 4.88 Å². The third-order valence-electron chi connectivity index (χ3n) is 4.81. The highest BCUT2D eigenvalue weighted by Gasteiger charge is 2.33. The average Bonchev–Trinajstić information content (AvgIpc) is 3.42. The van der Waals surface area contributed by atoms with Crippen molar-refractivity contribution in [2.45, 2.75) is 36.1 Å². The van der Waals surface area contributed by atoms with E-state index in [0.29, 0.717) is 28.6 Å². The first-order valence-electron chi connectivity index (χ1n) is 9.23. The topological polar surface area (TPSA) is 54.5 Å². The van der Waals surface area contributed by atoms with Crippen LogP contribution in [0.3, 0.4) is 0 Å². The smallest absolute Gasteiger partial charge is 0.254 e. The summed E-state index contributed by atoms with van der Waals surface area (Å²) in [7, 11) is -3.39. The van der Waals surface area contributed by atoms with Crippen LogP contribution in [0.5, 0.6) is 0 Å². The molecule has 1 aromatic heterocycles. The second-order valence-electron chi connectivity index (χ2n) is 7.01. The molecule has 6 heteroatoms. The third kappa shape index (κ3) is 4.34. The number of rotatable bonds is 7. The van der Waals surface area contributed by atoms with Crippen LogP contribution < -0.4 is 0 Å². The van der Waals surface area contributed by atoms with Crippen LogP contribution in [0.25, 0.3) is 0 Å². The van der Waals surface area contributed by atoms with Crippen molar-refractivity contribution in [2.75, 3.05) is 0 Å². The average molecular weight is 412 g/mol. The van der Waals surface area contributed by atoms with Crippen LogP contribution in [0, 0.1) is 0 Å². The summed E-state index contributed by atoms with van der Waals surface area (Å²) in [5.41, 5.74) is 1.28. The molecule has 1 amide bonds. The Morgan fingerprint density at radius 1 is 0.964 bits per heavy atom. The SMILES string of the molecule is O=C(c1ccc(CS(=O)(=O)c2ccccc2)cc1)N(Cc1cccs1)C1CC1. The van der Waals surface area contributed by atoms with Crippen molar-refractivity contribution >= 4 is 27.1 Å². The molecule has 28 heavy (non-hydrogen) atoms. The fourth-order valence-electron chi connectivity index (χ4n) is 3.16. The second-order valence-corrected chi connectivity index (χ2v) is 10.0. The lowest BCUT2D eigenvalue weighted by molar-refractivity contribution is 0.0731. The highest BCUT2D eigenvalue weighted by molar-refractivity contribution is 7.90. The number of amides is 1. The van der Waals surface area contributed by atoms with Crippen molar-refractivity contribution in [1.29, 1.82) is 0 Å². The van der Waals surface area contributed by atoms with Gasteiger partial charge in [0.15, 0.2) is 9.84 Å². The quantitative estimate of drug-likeness (QED) is 0.574. The molecule has 1 fully saturated rings. The molecule has 0 spiro atoms. The van der Waals surface area contributed by atoms with Crippen LogP contribution in [-0.2, 0) is 22.1 Å². The lowest BCUT2D eigenvalue weighted by Crippen LogP contribution is -2.32. The van der Waals surface area contributed by atoms with Gasteiger partial charge in [0.1, 0.15) is 0 Å². The minimum absolute atomic E-state index is 0.00775. The largest absolute Gasteiger partial charge is 0.331 e. The highest BCUT2D eigenvalue weighted by atomic mass is 32.2. The van der Waals surface area contributed by atoms with Crippen molar-refractivity contribution in [2.24, 2.45) is 0 Å². The van der Waals surface area contributed by atoms with E-state index in [1.807, 2.05) is 22.4 Å². The summed E-state index contributed by atoms with van der Waals surface area (Å²) < 4.78 is 25.1. The molecule has 144 valence electrons. The summed E-state index contributed by atoms with van der Waals surface area (Å²) in [5.74, 6) is -0.0686. The predicted octanol–water partition coefficient (Wildman–Crippen LogP) is 4.53. The Labute approximate surface area is 169 Å². The van der Waals surface area contributed by atoms with E-state index >= 15 is 0 Å². The number of benzene rings is 2. The molecule has 3 aromatic rings. The Bertz CT molecular complexity index is 1040. The maximum absolute atomic E-state index is 13.0. The number of carbonyl (C=O) groups is 1. The number of carbonyl (C=O) groups excluding carboxylic acids is 1. The van der Waals surface area contributed by atoms with Gasteiger partial charge in [0.25, 0.3) is 5.91 Å². The molecule has 0 radical (unpaired) electrons. The van der Waals surface area contributed by atoms with E-state index in [1.54, 1.807) is 65.9 Å². The van der Waals surface area contributed by atoms with Gasteiger partial charge in [-0.3, -0.25) is 4.79 Å². The molecule has 0 atom stereocenters. The first kappa shape index (κ1) is 18.9. The zero-order chi connectivity index (χ0) is 19.6. The molecular formula is C22H21NO3S2. The Hall–Kier alpha value is -2.44. The lowest BCUT2D eigenvalue weighted by Gasteiger charge is -2.22. The van der Waals surface area contributed by atoms with Gasteiger partial charge in [-0.05, 0) is 54.1 Å². The van der Waals surface area contributed by atoms with Gasteiger partial charge in [0.05, 0.1) is 17.2 Å². The van der Waals surface area contributed by atoms with Crippen LogP contribution in [-0.4, -0.2) is 25.3 Å².